The molecule has 21 heavy (non-hydrogen) atoms. The van der Waals surface area contributed by atoms with Gasteiger partial charge in [-0.1, -0.05) is 6.42 Å². The Balaban J connectivity index is 1.65. The number of rotatable bonds is 4. The first-order valence-electron chi connectivity index (χ1n) is 8.08. The van der Waals surface area contributed by atoms with Gasteiger partial charge in [-0.05, 0) is 33.6 Å². The molecule has 5 heteroatoms. The van der Waals surface area contributed by atoms with Crippen LogP contribution in [0.2, 0.25) is 0 Å². The van der Waals surface area contributed by atoms with Crippen molar-refractivity contribution in [3.63, 3.8) is 0 Å². The lowest BCUT2D eigenvalue weighted by Gasteiger charge is -2.38. The third-order valence-corrected chi connectivity index (χ3v) is 4.19. The van der Waals surface area contributed by atoms with Crippen LogP contribution in [-0.4, -0.2) is 60.0 Å². The fraction of sp³-hybridized carbons (Fsp3) is 0.875. The summed E-state index contributed by atoms with van der Waals surface area (Å²) in [6.45, 7) is 9.69. The standard InChI is InChI=1S/C16H28N2O3/c1-16(2,3)21-14(19)7-8-17-9-11-18(12-10-17)15(20)13-5-4-6-13/h13H,4-12H2,1-3H3. The van der Waals surface area contributed by atoms with E-state index < -0.39 is 5.60 Å². The molecule has 0 aromatic carbocycles. The van der Waals surface area contributed by atoms with Crippen LogP contribution in [0.25, 0.3) is 0 Å². The number of carbonyl (C=O) groups is 2. The number of hydrogen-bond acceptors (Lipinski definition) is 4. The molecule has 1 aliphatic heterocycles. The first-order chi connectivity index (χ1) is 9.85. The maximum Gasteiger partial charge on any atom is 0.307 e. The lowest BCUT2D eigenvalue weighted by atomic mass is 9.84. The molecule has 2 fully saturated rings. The monoisotopic (exact) mass is 296 g/mol. The summed E-state index contributed by atoms with van der Waals surface area (Å²) in [6, 6.07) is 0. The minimum absolute atomic E-state index is 0.143. The third kappa shape index (κ3) is 4.99. The van der Waals surface area contributed by atoms with E-state index in [1.807, 2.05) is 25.7 Å². The van der Waals surface area contributed by atoms with Crippen LogP contribution in [0.4, 0.5) is 0 Å². The van der Waals surface area contributed by atoms with Crippen LogP contribution >= 0.6 is 0 Å². The van der Waals surface area contributed by atoms with Crippen molar-refractivity contribution in [1.29, 1.82) is 0 Å². The van der Waals surface area contributed by atoms with Crippen LogP contribution in [-0.2, 0) is 14.3 Å². The van der Waals surface area contributed by atoms with Gasteiger partial charge < -0.3 is 9.64 Å². The topological polar surface area (TPSA) is 49.9 Å². The van der Waals surface area contributed by atoms with E-state index >= 15 is 0 Å². The highest BCUT2D eigenvalue weighted by Crippen LogP contribution is 2.28. The Hall–Kier alpha value is -1.10. The van der Waals surface area contributed by atoms with Gasteiger partial charge in [-0.3, -0.25) is 14.5 Å². The van der Waals surface area contributed by atoms with Crippen LogP contribution in [0.1, 0.15) is 46.5 Å². The second-order valence-electron chi connectivity index (χ2n) is 7.13. The zero-order valence-corrected chi connectivity index (χ0v) is 13.6. The highest BCUT2D eigenvalue weighted by atomic mass is 16.6. The molecule has 0 bridgehead atoms. The van der Waals surface area contributed by atoms with Crippen LogP contribution in [0.3, 0.4) is 0 Å². The molecular weight excluding hydrogens is 268 g/mol. The Bertz CT molecular complexity index is 377. The third-order valence-electron chi connectivity index (χ3n) is 4.19. The predicted octanol–water partition coefficient (Wildman–Crippen LogP) is 1.66. The van der Waals surface area contributed by atoms with Crippen molar-refractivity contribution in [2.24, 2.45) is 5.92 Å². The molecule has 2 aliphatic rings. The zero-order chi connectivity index (χ0) is 15.5. The molecule has 1 saturated heterocycles. The van der Waals surface area contributed by atoms with Crippen LogP contribution in [0.15, 0.2) is 0 Å². The van der Waals surface area contributed by atoms with Gasteiger partial charge in [0, 0.05) is 38.6 Å². The Morgan fingerprint density at radius 2 is 1.71 bits per heavy atom. The maximum absolute atomic E-state index is 12.1. The molecule has 1 aliphatic carbocycles. The molecule has 2 rings (SSSR count). The SMILES string of the molecule is CC(C)(C)OC(=O)CCN1CCN(C(=O)C2CCC2)CC1. The van der Waals surface area contributed by atoms with E-state index in [1.165, 1.54) is 6.42 Å². The zero-order valence-electron chi connectivity index (χ0n) is 13.6. The predicted molar refractivity (Wildman–Crippen MR) is 80.8 cm³/mol. The summed E-state index contributed by atoms with van der Waals surface area (Å²) in [5.74, 6) is 0.488. The average molecular weight is 296 g/mol. The Morgan fingerprint density at radius 1 is 1.10 bits per heavy atom. The van der Waals surface area contributed by atoms with E-state index in [-0.39, 0.29) is 5.97 Å². The normalized spacial score (nSPS) is 21.0. The molecule has 1 amide bonds. The van der Waals surface area contributed by atoms with Crippen molar-refractivity contribution >= 4 is 11.9 Å². The molecule has 1 heterocycles. The minimum Gasteiger partial charge on any atom is -0.460 e. The van der Waals surface area contributed by atoms with Gasteiger partial charge in [-0.25, -0.2) is 0 Å². The van der Waals surface area contributed by atoms with Crippen molar-refractivity contribution in [1.82, 2.24) is 9.80 Å². The number of amides is 1. The van der Waals surface area contributed by atoms with Gasteiger partial charge in [0.05, 0.1) is 6.42 Å². The molecule has 1 saturated carbocycles. The Labute approximate surface area is 127 Å². The van der Waals surface area contributed by atoms with Crippen LogP contribution in [0, 0.1) is 5.92 Å². The first-order valence-corrected chi connectivity index (χ1v) is 8.08. The van der Waals surface area contributed by atoms with Gasteiger partial charge in [0.2, 0.25) is 5.91 Å². The molecule has 0 unspecified atom stereocenters. The summed E-state index contributed by atoms with van der Waals surface area (Å²) >= 11 is 0. The number of nitrogens with zero attached hydrogens (tertiary/aromatic N) is 2. The quantitative estimate of drug-likeness (QED) is 0.740. The molecule has 120 valence electrons. The van der Waals surface area contributed by atoms with Gasteiger partial charge in [-0.2, -0.15) is 0 Å². The molecule has 0 spiro atoms. The van der Waals surface area contributed by atoms with Crippen LogP contribution < -0.4 is 0 Å². The molecule has 0 radical (unpaired) electrons. The lowest BCUT2D eigenvalue weighted by molar-refractivity contribution is -0.155. The van der Waals surface area contributed by atoms with Gasteiger partial charge in [0.25, 0.3) is 0 Å². The molecule has 0 aromatic heterocycles. The van der Waals surface area contributed by atoms with E-state index in [2.05, 4.69) is 4.90 Å². The summed E-state index contributed by atoms with van der Waals surface area (Å²) in [6.07, 6.45) is 3.76. The average Bonchev–Trinajstić information content (AvgIpc) is 2.33. The highest BCUT2D eigenvalue weighted by Gasteiger charge is 2.31. The summed E-state index contributed by atoms with van der Waals surface area (Å²) in [5.41, 5.74) is -0.412. The minimum atomic E-state index is -0.412. The van der Waals surface area contributed by atoms with E-state index in [0.717, 1.165) is 45.6 Å². The van der Waals surface area contributed by atoms with Crippen molar-refractivity contribution in [3.8, 4) is 0 Å². The van der Waals surface area contributed by atoms with Gasteiger partial charge in [0.1, 0.15) is 5.60 Å². The van der Waals surface area contributed by atoms with Gasteiger partial charge >= 0.3 is 5.97 Å². The molecular formula is C16H28N2O3. The molecule has 0 atom stereocenters. The van der Waals surface area contributed by atoms with Crippen molar-refractivity contribution in [2.45, 2.75) is 52.1 Å². The molecule has 0 N–H and O–H groups in total. The second kappa shape index (κ2) is 6.77. The smallest absolute Gasteiger partial charge is 0.307 e. The van der Waals surface area contributed by atoms with Crippen molar-refractivity contribution < 1.29 is 14.3 Å². The van der Waals surface area contributed by atoms with Gasteiger partial charge in [-0.15, -0.1) is 0 Å². The lowest BCUT2D eigenvalue weighted by Crippen LogP contribution is -2.51. The number of piperazine rings is 1. The van der Waals surface area contributed by atoms with E-state index in [0.29, 0.717) is 18.2 Å². The maximum atomic E-state index is 12.1. The fourth-order valence-electron chi connectivity index (χ4n) is 2.75. The Morgan fingerprint density at radius 3 is 2.19 bits per heavy atom. The molecule has 5 nitrogen and oxygen atoms in total. The summed E-state index contributed by atoms with van der Waals surface area (Å²) in [7, 11) is 0. The van der Waals surface area contributed by atoms with E-state index in [4.69, 9.17) is 4.74 Å². The number of esters is 1. The van der Waals surface area contributed by atoms with Crippen molar-refractivity contribution in [3.05, 3.63) is 0 Å². The number of ether oxygens (including phenoxy) is 1. The van der Waals surface area contributed by atoms with Gasteiger partial charge in [0.15, 0.2) is 0 Å². The highest BCUT2D eigenvalue weighted by molar-refractivity contribution is 5.79. The first kappa shape index (κ1) is 16.3. The second-order valence-corrected chi connectivity index (χ2v) is 7.13. The number of carbonyl (C=O) groups excluding carboxylic acids is 2. The summed E-state index contributed by atoms with van der Waals surface area (Å²) in [4.78, 5) is 28.1. The summed E-state index contributed by atoms with van der Waals surface area (Å²) < 4.78 is 5.31. The Kier molecular flexibility index (Phi) is 5.25. The fourth-order valence-corrected chi connectivity index (χ4v) is 2.75. The number of hydrogen-bond donors (Lipinski definition) is 0. The van der Waals surface area contributed by atoms with E-state index in [1.54, 1.807) is 0 Å². The largest absolute Gasteiger partial charge is 0.460 e. The van der Waals surface area contributed by atoms with E-state index in [9.17, 15) is 9.59 Å². The summed E-state index contributed by atoms with van der Waals surface area (Å²) in [5, 5.41) is 0. The van der Waals surface area contributed by atoms with Crippen LogP contribution in [0.5, 0.6) is 0 Å². The van der Waals surface area contributed by atoms with Crippen molar-refractivity contribution in [2.75, 3.05) is 32.7 Å². The molecule has 0 aromatic rings.